The van der Waals surface area contributed by atoms with Gasteiger partial charge in [-0.2, -0.15) is 22.5 Å². The van der Waals surface area contributed by atoms with E-state index < -0.39 is 27.7 Å². The molecular weight excluding hydrogens is 371 g/mol. The maximum Gasteiger partial charge on any atom is 0.471 e. The number of nitrogens with zero attached hydrogens (tertiary/aromatic N) is 3. The van der Waals surface area contributed by atoms with E-state index >= 15 is 0 Å². The van der Waals surface area contributed by atoms with E-state index in [1.165, 1.54) is 12.1 Å². The van der Waals surface area contributed by atoms with Gasteiger partial charge in [0, 0.05) is 23.5 Å². The van der Waals surface area contributed by atoms with E-state index in [0.29, 0.717) is 17.1 Å². The summed E-state index contributed by atoms with van der Waals surface area (Å²) in [6.45, 7) is 0. The predicted octanol–water partition coefficient (Wildman–Crippen LogP) is 3.47. The Kier molecular flexibility index (Phi) is 5.12. The lowest BCUT2D eigenvalue weighted by Crippen LogP contribution is -2.18. The van der Waals surface area contributed by atoms with Crippen LogP contribution in [0.2, 0.25) is 0 Å². The molecule has 0 N–H and O–H groups in total. The minimum absolute atomic E-state index is 0.0297. The molecule has 2 heterocycles. The molecule has 1 aliphatic rings. The third kappa shape index (κ3) is 4.48. The van der Waals surface area contributed by atoms with Crippen molar-refractivity contribution in [1.82, 2.24) is 10.1 Å². The summed E-state index contributed by atoms with van der Waals surface area (Å²) in [7, 11) is -2.47. The number of rotatable bonds is 3. The molecule has 1 aromatic carbocycles. The second-order valence-electron chi connectivity index (χ2n) is 6.03. The Morgan fingerprint density at radius 3 is 2.38 bits per heavy atom. The van der Waals surface area contributed by atoms with Crippen molar-refractivity contribution in [1.29, 1.82) is 0 Å². The highest BCUT2D eigenvalue weighted by atomic mass is 32.2. The summed E-state index contributed by atoms with van der Waals surface area (Å²) < 4.78 is 57.9. The third-order valence-corrected chi connectivity index (χ3v) is 6.30. The number of benzene rings is 1. The van der Waals surface area contributed by atoms with Crippen molar-refractivity contribution in [3.8, 4) is 0 Å². The highest BCUT2D eigenvalue weighted by Crippen LogP contribution is 2.27. The van der Waals surface area contributed by atoms with Crippen molar-refractivity contribution in [3.63, 3.8) is 0 Å². The van der Waals surface area contributed by atoms with Crippen LogP contribution < -0.4 is 0 Å². The molecule has 0 atom stereocenters. The van der Waals surface area contributed by atoms with Crippen LogP contribution in [0.5, 0.6) is 0 Å². The summed E-state index contributed by atoms with van der Waals surface area (Å²) >= 11 is 0. The quantitative estimate of drug-likeness (QED) is 0.805. The summed E-state index contributed by atoms with van der Waals surface area (Å²) in [4.78, 5) is 15.5. The normalized spacial score (nSPS) is 17.0. The van der Waals surface area contributed by atoms with Gasteiger partial charge in [0.15, 0.2) is 5.82 Å². The fraction of sp³-hybridized carbons (Fsp3) is 0.438. The SMILES string of the molecule is O=C(N=S1(=O)CCCCC1)c1ccc(Cc2noc(C(F)(F)F)n2)cc1. The first kappa shape index (κ1) is 18.6. The summed E-state index contributed by atoms with van der Waals surface area (Å²) in [5.41, 5.74) is 0.893. The average Bonchev–Trinajstić information content (AvgIpc) is 3.04. The fourth-order valence-corrected chi connectivity index (χ4v) is 4.72. The molecule has 2 aromatic rings. The van der Waals surface area contributed by atoms with E-state index in [0.717, 1.165) is 19.3 Å². The van der Waals surface area contributed by atoms with Crippen LogP contribution in [-0.4, -0.2) is 31.8 Å². The maximum absolute atomic E-state index is 12.5. The maximum atomic E-state index is 12.5. The van der Waals surface area contributed by atoms with E-state index in [1.54, 1.807) is 12.1 Å². The molecule has 1 saturated heterocycles. The number of carbonyl (C=O) groups excluding carboxylic acids is 1. The number of alkyl halides is 3. The summed E-state index contributed by atoms with van der Waals surface area (Å²) in [5, 5.41) is 3.29. The largest absolute Gasteiger partial charge is 0.471 e. The molecule has 1 amide bonds. The molecule has 0 saturated carbocycles. The Labute approximate surface area is 148 Å². The van der Waals surface area contributed by atoms with Crippen molar-refractivity contribution in [2.75, 3.05) is 11.5 Å². The Morgan fingerprint density at radius 2 is 1.81 bits per heavy atom. The van der Waals surface area contributed by atoms with Gasteiger partial charge in [0.2, 0.25) is 0 Å². The highest BCUT2D eigenvalue weighted by molar-refractivity contribution is 7.93. The first-order valence-electron chi connectivity index (χ1n) is 8.01. The van der Waals surface area contributed by atoms with Gasteiger partial charge in [-0.05, 0) is 30.5 Å². The Morgan fingerprint density at radius 1 is 1.15 bits per heavy atom. The first-order chi connectivity index (χ1) is 12.3. The standard InChI is InChI=1S/C16H16F3N3O3S/c17-16(18,19)15-20-13(21-25-15)10-11-4-6-12(7-5-11)14(23)22-26(24)8-2-1-3-9-26/h4-7H,1-3,8-10H2. The number of hydrogen-bond acceptors (Lipinski definition) is 5. The van der Waals surface area contributed by atoms with Crippen molar-refractivity contribution < 1.29 is 26.7 Å². The number of halogens is 3. The van der Waals surface area contributed by atoms with Gasteiger partial charge in [-0.3, -0.25) is 4.79 Å². The third-order valence-electron chi connectivity index (χ3n) is 3.95. The molecule has 26 heavy (non-hydrogen) atoms. The molecule has 1 fully saturated rings. The molecule has 6 nitrogen and oxygen atoms in total. The highest BCUT2D eigenvalue weighted by Gasteiger charge is 2.38. The molecule has 10 heteroatoms. The molecular formula is C16H16F3N3O3S. The molecule has 140 valence electrons. The van der Waals surface area contributed by atoms with E-state index in [1.807, 2.05) is 0 Å². The van der Waals surface area contributed by atoms with Crippen molar-refractivity contribution in [3.05, 3.63) is 47.1 Å². The lowest BCUT2D eigenvalue weighted by Gasteiger charge is -2.14. The molecule has 1 aliphatic heterocycles. The first-order valence-corrected chi connectivity index (χ1v) is 9.86. The van der Waals surface area contributed by atoms with Crippen LogP contribution in [0.25, 0.3) is 0 Å². The van der Waals surface area contributed by atoms with Crippen molar-refractivity contribution >= 4 is 15.6 Å². The van der Waals surface area contributed by atoms with Crippen LogP contribution >= 0.6 is 0 Å². The average molecular weight is 387 g/mol. The second kappa shape index (κ2) is 7.18. The van der Waals surface area contributed by atoms with Crippen LogP contribution in [-0.2, 0) is 22.3 Å². The van der Waals surface area contributed by atoms with Crippen molar-refractivity contribution in [2.45, 2.75) is 31.9 Å². The van der Waals surface area contributed by atoms with Gasteiger partial charge in [0.1, 0.15) is 0 Å². The zero-order valence-electron chi connectivity index (χ0n) is 13.7. The Hall–Kier alpha value is -2.23. The van der Waals surface area contributed by atoms with Gasteiger partial charge in [-0.1, -0.05) is 23.7 Å². The fourth-order valence-electron chi connectivity index (χ4n) is 2.62. The topological polar surface area (TPSA) is 85.4 Å². The number of hydrogen-bond donors (Lipinski definition) is 0. The van der Waals surface area contributed by atoms with E-state index in [-0.39, 0.29) is 17.8 Å². The molecule has 0 radical (unpaired) electrons. The van der Waals surface area contributed by atoms with Gasteiger partial charge >= 0.3 is 12.1 Å². The van der Waals surface area contributed by atoms with E-state index in [2.05, 4.69) is 19.0 Å². The van der Waals surface area contributed by atoms with E-state index in [9.17, 15) is 22.2 Å². The molecule has 0 aliphatic carbocycles. The molecule has 0 unspecified atom stereocenters. The number of carbonyl (C=O) groups is 1. The second-order valence-corrected chi connectivity index (χ2v) is 8.57. The molecule has 0 bridgehead atoms. The summed E-state index contributed by atoms with van der Waals surface area (Å²) in [5.74, 6) is -1.16. The minimum atomic E-state index is -4.68. The molecule has 0 spiro atoms. The monoisotopic (exact) mass is 387 g/mol. The summed E-state index contributed by atoms with van der Waals surface area (Å²) in [6.07, 6.45) is -2.04. The van der Waals surface area contributed by atoms with Gasteiger partial charge in [0.05, 0.1) is 9.73 Å². The number of aromatic nitrogens is 2. The van der Waals surface area contributed by atoms with Gasteiger partial charge < -0.3 is 4.52 Å². The van der Waals surface area contributed by atoms with Crippen LogP contribution in [0.1, 0.15) is 46.9 Å². The van der Waals surface area contributed by atoms with Gasteiger partial charge in [-0.15, -0.1) is 0 Å². The lowest BCUT2D eigenvalue weighted by molar-refractivity contribution is -0.159. The molecule has 1 aromatic heterocycles. The summed E-state index contributed by atoms with van der Waals surface area (Å²) in [6, 6.07) is 6.13. The van der Waals surface area contributed by atoms with Gasteiger partial charge in [0.25, 0.3) is 5.91 Å². The van der Waals surface area contributed by atoms with Crippen LogP contribution in [0.15, 0.2) is 33.2 Å². The zero-order chi connectivity index (χ0) is 18.8. The van der Waals surface area contributed by atoms with E-state index in [4.69, 9.17) is 0 Å². The van der Waals surface area contributed by atoms with Gasteiger partial charge in [-0.25, -0.2) is 4.21 Å². The van der Waals surface area contributed by atoms with Crippen LogP contribution in [0.3, 0.4) is 0 Å². The Bertz CT molecular complexity index is 901. The predicted molar refractivity (Wildman–Crippen MR) is 87.0 cm³/mol. The van der Waals surface area contributed by atoms with Crippen molar-refractivity contribution in [2.24, 2.45) is 4.36 Å². The smallest absolute Gasteiger partial charge is 0.329 e. The van der Waals surface area contributed by atoms with Crippen LogP contribution in [0.4, 0.5) is 13.2 Å². The number of amides is 1. The Balaban J connectivity index is 1.70. The zero-order valence-corrected chi connectivity index (χ0v) is 14.5. The lowest BCUT2D eigenvalue weighted by atomic mass is 10.1. The van der Waals surface area contributed by atoms with Crippen LogP contribution in [0, 0.1) is 0 Å². The minimum Gasteiger partial charge on any atom is -0.329 e. The molecule has 3 rings (SSSR count).